The van der Waals surface area contributed by atoms with Gasteiger partial charge < -0.3 is 9.47 Å². The van der Waals surface area contributed by atoms with Gasteiger partial charge in [-0.25, -0.2) is 14.8 Å². The van der Waals surface area contributed by atoms with E-state index in [2.05, 4.69) is 21.6 Å². The van der Waals surface area contributed by atoms with E-state index in [1.807, 2.05) is 0 Å². The summed E-state index contributed by atoms with van der Waals surface area (Å²) < 4.78 is 10.0. The van der Waals surface area contributed by atoms with Crippen molar-refractivity contribution in [2.45, 2.75) is 29.7 Å². The molecule has 2 heterocycles. The number of carbonyl (C=O) groups is 1. The molecular weight excluding hydrogens is 240 g/mol. The fourth-order valence-corrected chi connectivity index (χ4v) is 2.63. The maximum Gasteiger partial charge on any atom is 0.358 e. The second-order valence-corrected chi connectivity index (χ2v) is 5.01. The number of carbonyl (C=O) groups excluding carboxylic acids is 1. The lowest BCUT2D eigenvalue weighted by Gasteiger charge is -2.12. The van der Waals surface area contributed by atoms with E-state index in [0.717, 1.165) is 18.1 Å². The Balaban J connectivity index is 2.00. The predicted molar refractivity (Wildman–Crippen MR) is 63.0 cm³/mol. The first-order valence-electron chi connectivity index (χ1n) is 5.39. The van der Waals surface area contributed by atoms with E-state index < -0.39 is 5.97 Å². The molecule has 1 aromatic heterocycles. The molecule has 1 aliphatic heterocycles. The number of esters is 1. The van der Waals surface area contributed by atoms with E-state index in [0.29, 0.717) is 5.25 Å². The Morgan fingerprint density at radius 1 is 1.53 bits per heavy atom. The van der Waals surface area contributed by atoms with E-state index in [9.17, 15) is 4.79 Å². The van der Waals surface area contributed by atoms with Crippen LogP contribution in [0.4, 0.5) is 0 Å². The van der Waals surface area contributed by atoms with E-state index in [-0.39, 0.29) is 11.8 Å². The van der Waals surface area contributed by atoms with Crippen LogP contribution in [-0.4, -0.2) is 41.0 Å². The lowest BCUT2D eigenvalue weighted by atomic mass is 10.3. The fraction of sp³-hybridized carbons (Fsp3) is 0.545. The van der Waals surface area contributed by atoms with Gasteiger partial charge in [-0.3, -0.25) is 0 Å². The summed E-state index contributed by atoms with van der Waals surface area (Å²) in [6, 6.07) is 0. The average Bonchev–Trinajstić information content (AvgIpc) is 2.75. The van der Waals surface area contributed by atoms with Gasteiger partial charge in [-0.2, -0.15) is 0 Å². The minimum absolute atomic E-state index is 0.229. The first-order chi connectivity index (χ1) is 8.20. The Bertz CT molecular complexity index is 396. The zero-order chi connectivity index (χ0) is 12.3. The van der Waals surface area contributed by atoms with Crippen LogP contribution < -0.4 is 0 Å². The summed E-state index contributed by atoms with van der Waals surface area (Å²) in [6.45, 7) is 2.85. The molecule has 0 bridgehead atoms. The number of aromatic nitrogens is 2. The Kier molecular flexibility index (Phi) is 3.96. The van der Waals surface area contributed by atoms with Crippen molar-refractivity contribution < 1.29 is 14.3 Å². The van der Waals surface area contributed by atoms with Crippen molar-refractivity contribution in [1.29, 1.82) is 0 Å². The first kappa shape index (κ1) is 12.3. The van der Waals surface area contributed by atoms with Crippen molar-refractivity contribution in [3.05, 3.63) is 18.1 Å². The highest BCUT2D eigenvalue weighted by Crippen LogP contribution is 2.30. The summed E-state index contributed by atoms with van der Waals surface area (Å²) in [6.07, 6.45) is 4.30. The molecule has 2 atom stereocenters. The molecule has 1 fully saturated rings. The first-order valence-corrected chi connectivity index (χ1v) is 6.27. The monoisotopic (exact) mass is 254 g/mol. The summed E-state index contributed by atoms with van der Waals surface area (Å²) in [5, 5.41) is 1.22. The number of nitrogens with zero attached hydrogens (tertiary/aromatic N) is 2. The van der Waals surface area contributed by atoms with Gasteiger partial charge in [-0.1, -0.05) is 11.8 Å². The lowest BCUT2D eigenvalue weighted by Crippen LogP contribution is -2.13. The zero-order valence-electron chi connectivity index (χ0n) is 9.75. The van der Waals surface area contributed by atoms with Gasteiger partial charge in [0.25, 0.3) is 0 Å². The van der Waals surface area contributed by atoms with Gasteiger partial charge in [-0.15, -0.1) is 0 Å². The third kappa shape index (κ3) is 2.95. The minimum Gasteiger partial charge on any atom is -0.464 e. The van der Waals surface area contributed by atoms with Crippen molar-refractivity contribution in [3.8, 4) is 0 Å². The van der Waals surface area contributed by atoms with Gasteiger partial charge in [0.2, 0.25) is 0 Å². The lowest BCUT2D eigenvalue weighted by molar-refractivity contribution is 0.0593. The molecule has 0 amide bonds. The number of thioether (sulfide) groups is 1. The molecule has 6 heteroatoms. The molecule has 2 unspecified atom stereocenters. The zero-order valence-corrected chi connectivity index (χ0v) is 10.6. The van der Waals surface area contributed by atoms with Crippen LogP contribution >= 0.6 is 11.8 Å². The summed E-state index contributed by atoms with van der Waals surface area (Å²) in [5.74, 6) is -0.466. The Hall–Kier alpha value is -1.14. The van der Waals surface area contributed by atoms with Crippen LogP contribution in [0.25, 0.3) is 0 Å². The molecule has 5 nitrogen and oxygen atoms in total. The van der Waals surface area contributed by atoms with Crippen LogP contribution in [0.1, 0.15) is 23.8 Å². The fourth-order valence-electron chi connectivity index (χ4n) is 1.61. The maximum atomic E-state index is 11.2. The molecule has 1 saturated heterocycles. The predicted octanol–water partition coefficient (Wildman–Crippen LogP) is 1.53. The second-order valence-electron chi connectivity index (χ2n) is 3.75. The van der Waals surface area contributed by atoms with Gasteiger partial charge in [-0.05, 0) is 13.3 Å². The summed E-state index contributed by atoms with van der Waals surface area (Å²) in [7, 11) is 1.32. The SMILES string of the molecule is COC(=O)c1cnc(SC2CCOC2C)cn1. The molecule has 1 aromatic rings. The van der Waals surface area contributed by atoms with Crippen molar-refractivity contribution in [2.75, 3.05) is 13.7 Å². The molecule has 2 rings (SSSR count). The number of hydrogen-bond donors (Lipinski definition) is 0. The van der Waals surface area contributed by atoms with Crippen molar-refractivity contribution >= 4 is 17.7 Å². The van der Waals surface area contributed by atoms with Crippen LogP contribution in [0.15, 0.2) is 17.4 Å². The molecule has 0 radical (unpaired) electrons. The topological polar surface area (TPSA) is 61.3 Å². The van der Waals surface area contributed by atoms with E-state index in [1.54, 1.807) is 18.0 Å². The molecule has 17 heavy (non-hydrogen) atoms. The van der Waals surface area contributed by atoms with E-state index in [1.165, 1.54) is 13.3 Å². The summed E-state index contributed by atoms with van der Waals surface area (Å²) >= 11 is 1.64. The highest BCUT2D eigenvalue weighted by atomic mass is 32.2. The van der Waals surface area contributed by atoms with Gasteiger partial charge >= 0.3 is 5.97 Å². The molecule has 0 aliphatic carbocycles. The number of ether oxygens (including phenoxy) is 2. The molecule has 0 aromatic carbocycles. The van der Waals surface area contributed by atoms with Gasteiger partial charge in [0.1, 0.15) is 5.03 Å². The van der Waals surface area contributed by atoms with Gasteiger partial charge in [0.05, 0.1) is 25.6 Å². The van der Waals surface area contributed by atoms with Crippen molar-refractivity contribution in [2.24, 2.45) is 0 Å². The Morgan fingerprint density at radius 2 is 2.35 bits per heavy atom. The van der Waals surface area contributed by atoms with Crippen LogP contribution in [0.3, 0.4) is 0 Å². The summed E-state index contributed by atoms with van der Waals surface area (Å²) in [4.78, 5) is 19.4. The Morgan fingerprint density at radius 3 is 2.88 bits per heavy atom. The third-order valence-electron chi connectivity index (χ3n) is 2.60. The molecule has 1 aliphatic rings. The number of rotatable bonds is 3. The van der Waals surface area contributed by atoms with Crippen LogP contribution in [0, 0.1) is 0 Å². The molecule has 0 spiro atoms. The summed E-state index contributed by atoms with van der Waals surface area (Å²) in [5.41, 5.74) is 0.229. The van der Waals surface area contributed by atoms with Crippen molar-refractivity contribution in [3.63, 3.8) is 0 Å². The molecule has 92 valence electrons. The normalized spacial score (nSPS) is 23.6. The van der Waals surface area contributed by atoms with Crippen LogP contribution in [0.2, 0.25) is 0 Å². The largest absolute Gasteiger partial charge is 0.464 e. The smallest absolute Gasteiger partial charge is 0.358 e. The standard InChI is InChI=1S/C11H14N2O3S/c1-7-9(3-4-16-7)17-10-6-12-8(5-13-10)11(14)15-2/h5-7,9H,3-4H2,1-2H3. The van der Waals surface area contributed by atoms with Gasteiger partial charge in [0, 0.05) is 11.9 Å². The molecular formula is C11H14N2O3S. The van der Waals surface area contributed by atoms with E-state index in [4.69, 9.17) is 4.74 Å². The van der Waals surface area contributed by atoms with E-state index >= 15 is 0 Å². The van der Waals surface area contributed by atoms with Crippen LogP contribution in [0.5, 0.6) is 0 Å². The van der Waals surface area contributed by atoms with Gasteiger partial charge in [0.15, 0.2) is 5.69 Å². The minimum atomic E-state index is -0.466. The van der Waals surface area contributed by atoms with Crippen molar-refractivity contribution in [1.82, 2.24) is 9.97 Å². The number of methoxy groups -OCH3 is 1. The average molecular weight is 254 g/mol. The molecule has 0 N–H and O–H groups in total. The highest BCUT2D eigenvalue weighted by Gasteiger charge is 2.25. The number of hydrogen-bond acceptors (Lipinski definition) is 6. The second kappa shape index (κ2) is 5.46. The third-order valence-corrected chi connectivity index (χ3v) is 3.98. The molecule has 0 saturated carbocycles. The van der Waals surface area contributed by atoms with Crippen LogP contribution in [-0.2, 0) is 9.47 Å². The Labute approximate surface area is 104 Å². The quantitative estimate of drug-likeness (QED) is 0.762. The maximum absolute atomic E-state index is 11.2. The highest BCUT2D eigenvalue weighted by molar-refractivity contribution is 7.99.